The van der Waals surface area contributed by atoms with E-state index in [2.05, 4.69) is 57.1 Å². The molecule has 0 bridgehead atoms. The summed E-state index contributed by atoms with van der Waals surface area (Å²) in [6, 6.07) is 0. The molecule has 0 aromatic rings. The number of hydrogen-bond acceptors (Lipinski definition) is 5. The molecule has 47 heavy (non-hydrogen) atoms. The zero-order chi connectivity index (χ0) is 34.5. The van der Waals surface area contributed by atoms with Gasteiger partial charge in [-0.3, -0.25) is 9.59 Å². The van der Waals surface area contributed by atoms with Crippen LogP contribution in [0, 0.1) is 0 Å². The van der Waals surface area contributed by atoms with Crippen LogP contribution in [0.1, 0.15) is 174 Å². The summed E-state index contributed by atoms with van der Waals surface area (Å²) in [5.41, 5.74) is 0. The lowest BCUT2D eigenvalue weighted by Gasteiger charge is -2.18. The first kappa shape index (κ1) is 46.9. The maximum atomic E-state index is 12.2. The SMILES string of the molecule is CCCCCC/C=C\CSC(=O)CCCCCCCP(CCCCCCCC(=O)SC/C=C\CCCCCC)CCCCCN(C)C. The molecule has 6 heteroatoms. The van der Waals surface area contributed by atoms with Crippen molar-refractivity contribution in [2.24, 2.45) is 0 Å². The normalized spacial score (nSPS) is 12.0. The first-order chi connectivity index (χ1) is 23.0. The van der Waals surface area contributed by atoms with Crippen LogP contribution in [0.2, 0.25) is 0 Å². The van der Waals surface area contributed by atoms with Gasteiger partial charge in [0.2, 0.25) is 0 Å². The number of nitrogens with zero attached hydrogens (tertiary/aromatic N) is 1. The minimum Gasteiger partial charge on any atom is -0.309 e. The molecule has 0 amide bonds. The van der Waals surface area contributed by atoms with Gasteiger partial charge in [-0.1, -0.05) is 145 Å². The largest absolute Gasteiger partial charge is 0.309 e. The Morgan fingerprint density at radius 2 is 0.872 bits per heavy atom. The fourth-order valence-electron chi connectivity index (χ4n) is 5.72. The van der Waals surface area contributed by atoms with Gasteiger partial charge in [0.15, 0.2) is 10.2 Å². The molecule has 276 valence electrons. The van der Waals surface area contributed by atoms with Crippen molar-refractivity contribution in [2.45, 2.75) is 174 Å². The zero-order valence-electron chi connectivity index (χ0n) is 31.8. The maximum Gasteiger partial charge on any atom is 0.189 e. The molecule has 3 nitrogen and oxygen atoms in total. The Kier molecular flexibility index (Phi) is 38.6. The van der Waals surface area contributed by atoms with E-state index < -0.39 is 0 Å². The van der Waals surface area contributed by atoms with Gasteiger partial charge < -0.3 is 4.90 Å². The van der Waals surface area contributed by atoms with Crippen LogP contribution in [0.15, 0.2) is 24.3 Å². The molecule has 0 aliphatic rings. The van der Waals surface area contributed by atoms with Crippen LogP contribution < -0.4 is 0 Å². The summed E-state index contributed by atoms with van der Waals surface area (Å²) in [5.74, 6) is 1.70. The maximum absolute atomic E-state index is 12.2. The van der Waals surface area contributed by atoms with Gasteiger partial charge in [-0.05, 0) is 103 Å². The number of hydrogen-bond donors (Lipinski definition) is 0. The lowest BCUT2D eigenvalue weighted by atomic mass is 10.1. The number of allylic oxidation sites excluding steroid dienone is 2. The molecule has 0 rings (SSSR count). The zero-order valence-corrected chi connectivity index (χ0v) is 34.3. The number of rotatable bonds is 36. The van der Waals surface area contributed by atoms with E-state index in [1.54, 1.807) is 0 Å². The first-order valence-electron chi connectivity index (χ1n) is 20.0. The lowest BCUT2D eigenvalue weighted by Crippen LogP contribution is -2.12. The quantitative estimate of drug-likeness (QED) is 0.0367. The van der Waals surface area contributed by atoms with Crippen LogP contribution in [0.3, 0.4) is 0 Å². The van der Waals surface area contributed by atoms with Crippen LogP contribution in [0.4, 0.5) is 0 Å². The van der Waals surface area contributed by atoms with Gasteiger partial charge in [0.05, 0.1) is 0 Å². The molecule has 0 aromatic heterocycles. The molecule has 0 radical (unpaired) electrons. The van der Waals surface area contributed by atoms with Gasteiger partial charge >= 0.3 is 0 Å². The molecule has 0 aliphatic carbocycles. The predicted molar refractivity (Wildman–Crippen MR) is 220 cm³/mol. The number of carbonyl (C=O) groups excluding carboxylic acids is 2. The summed E-state index contributed by atoms with van der Waals surface area (Å²) < 4.78 is 0. The molecule has 0 heterocycles. The summed E-state index contributed by atoms with van der Waals surface area (Å²) >= 11 is 3.01. The van der Waals surface area contributed by atoms with E-state index in [4.69, 9.17) is 0 Å². The minimum atomic E-state index is 0.166. The van der Waals surface area contributed by atoms with E-state index in [0.717, 1.165) is 50.0 Å². The summed E-state index contributed by atoms with van der Waals surface area (Å²) in [6.45, 7) is 5.71. The number of carbonyl (C=O) groups is 2. The van der Waals surface area contributed by atoms with Crippen molar-refractivity contribution >= 4 is 41.7 Å². The standard InChI is InChI=1S/C41H78NO2PS2/c1-5-7-9-11-13-21-30-38-46-40(43)32-24-17-15-19-27-35-45(37-29-23-26-34-42(3)4)36-28-20-16-18-25-33-41(44)47-39-31-22-14-12-10-8-6-2/h21-22,30-31H,5-20,23-29,32-39H2,1-4H3/b30-21-,31-22-. The molecule has 0 unspecified atom stereocenters. The van der Waals surface area contributed by atoms with Gasteiger partial charge in [0.25, 0.3) is 0 Å². The van der Waals surface area contributed by atoms with Crippen LogP contribution in [0.25, 0.3) is 0 Å². The Morgan fingerprint density at radius 3 is 1.30 bits per heavy atom. The average Bonchev–Trinajstić information content (AvgIpc) is 3.05. The van der Waals surface area contributed by atoms with E-state index in [-0.39, 0.29) is 7.92 Å². The van der Waals surface area contributed by atoms with E-state index in [9.17, 15) is 9.59 Å². The molecular formula is C41H78NO2PS2. The van der Waals surface area contributed by atoms with Crippen molar-refractivity contribution in [3.8, 4) is 0 Å². The topological polar surface area (TPSA) is 37.4 Å². The van der Waals surface area contributed by atoms with E-state index in [1.165, 1.54) is 171 Å². The number of unbranched alkanes of at least 4 members (excludes halogenated alkanes) is 18. The van der Waals surface area contributed by atoms with Crippen LogP contribution >= 0.6 is 31.4 Å². The summed E-state index contributed by atoms with van der Waals surface area (Å²) in [7, 11) is 4.53. The van der Waals surface area contributed by atoms with Gasteiger partial charge in [0, 0.05) is 24.3 Å². The summed E-state index contributed by atoms with van der Waals surface area (Å²) in [4.78, 5) is 26.7. The lowest BCUT2D eigenvalue weighted by molar-refractivity contribution is -0.111. The van der Waals surface area contributed by atoms with E-state index in [0.29, 0.717) is 10.2 Å². The van der Waals surface area contributed by atoms with E-state index in [1.807, 2.05) is 0 Å². The molecule has 0 saturated carbocycles. The molecule has 0 fully saturated rings. The second kappa shape index (κ2) is 38.7. The highest BCUT2D eigenvalue weighted by Crippen LogP contribution is 2.39. The molecule has 0 spiro atoms. The predicted octanol–water partition coefficient (Wildman–Crippen LogP) is 13.5. The van der Waals surface area contributed by atoms with Crippen molar-refractivity contribution in [3.05, 3.63) is 24.3 Å². The average molecular weight is 712 g/mol. The monoisotopic (exact) mass is 712 g/mol. The minimum absolute atomic E-state index is 0.166. The summed E-state index contributed by atoms with van der Waals surface area (Å²) in [6.07, 6.45) is 44.2. The Balaban J connectivity index is 3.99. The van der Waals surface area contributed by atoms with Crippen LogP contribution in [-0.4, -0.2) is 65.8 Å². The van der Waals surface area contributed by atoms with Crippen molar-refractivity contribution in [2.75, 3.05) is 50.6 Å². The molecule has 0 aromatic carbocycles. The van der Waals surface area contributed by atoms with Crippen molar-refractivity contribution in [1.29, 1.82) is 0 Å². The fourth-order valence-corrected chi connectivity index (χ4v) is 9.82. The van der Waals surface area contributed by atoms with Crippen molar-refractivity contribution in [3.63, 3.8) is 0 Å². The number of thioether (sulfide) groups is 2. The Hall–Kier alpha value is -0.0900. The molecule has 0 atom stereocenters. The smallest absolute Gasteiger partial charge is 0.189 e. The van der Waals surface area contributed by atoms with Crippen LogP contribution in [0.5, 0.6) is 0 Å². The van der Waals surface area contributed by atoms with Crippen LogP contribution in [-0.2, 0) is 9.59 Å². The van der Waals surface area contributed by atoms with Gasteiger partial charge in [-0.15, -0.1) is 7.92 Å². The highest BCUT2D eigenvalue weighted by atomic mass is 32.2. The van der Waals surface area contributed by atoms with Gasteiger partial charge in [-0.25, -0.2) is 0 Å². The Labute approximate surface area is 304 Å². The first-order valence-corrected chi connectivity index (χ1v) is 23.8. The van der Waals surface area contributed by atoms with Crippen molar-refractivity contribution < 1.29 is 9.59 Å². The molecule has 0 N–H and O–H groups in total. The Bertz CT molecular complexity index is 691. The third-order valence-electron chi connectivity index (χ3n) is 8.75. The summed E-state index contributed by atoms with van der Waals surface area (Å²) in [5, 5.41) is 0.750. The van der Waals surface area contributed by atoms with Crippen molar-refractivity contribution in [1.82, 2.24) is 4.90 Å². The van der Waals surface area contributed by atoms with E-state index >= 15 is 0 Å². The third-order valence-corrected chi connectivity index (χ3v) is 13.4. The second-order valence-electron chi connectivity index (χ2n) is 13.7. The molecule has 0 aliphatic heterocycles. The second-order valence-corrected chi connectivity index (χ2v) is 18.6. The third kappa shape index (κ3) is 38.6. The molecular weight excluding hydrogens is 634 g/mol. The highest BCUT2D eigenvalue weighted by molar-refractivity contribution is 8.14. The highest BCUT2D eigenvalue weighted by Gasteiger charge is 2.09. The van der Waals surface area contributed by atoms with Gasteiger partial charge in [0.1, 0.15) is 0 Å². The fraction of sp³-hybridized carbons (Fsp3) is 0.854. The Morgan fingerprint density at radius 1 is 0.489 bits per heavy atom. The van der Waals surface area contributed by atoms with Gasteiger partial charge in [-0.2, -0.15) is 0 Å². The molecule has 0 saturated heterocycles.